The standard InChI is InChI=1S/C15H17NO5/c17-13(16-12(15(20)21)8-14(18)19)7-9-4-5-10-2-1-3-11(10)6-9/h4-6,12H,1-3,7-8H2,(H,16,17)(H,18,19)(H,20,21). The molecule has 112 valence electrons. The highest BCUT2D eigenvalue weighted by atomic mass is 16.4. The van der Waals surface area contributed by atoms with Gasteiger partial charge in [0, 0.05) is 0 Å². The van der Waals surface area contributed by atoms with Crippen LogP contribution in [-0.4, -0.2) is 34.1 Å². The summed E-state index contributed by atoms with van der Waals surface area (Å²) in [5.74, 6) is -3.10. The molecule has 0 spiro atoms. The summed E-state index contributed by atoms with van der Waals surface area (Å²) >= 11 is 0. The minimum absolute atomic E-state index is 0.0523. The molecule has 6 heteroatoms. The van der Waals surface area contributed by atoms with E-state index in [-0.39, 0.29) is 6.42 Å². The monoisotopic (exact) mass is 291 g/mol. The lowest BCUT2D eigenvalue weighted by atomic mass is 10.0. The second-order valence-electron chi connectivity index (χ2n) is 5.19. The van der Waals surface area contributed by atoms with Gasteiger partial charge in [-0.2, -0.15) is 0 Å². The molecule has 0 radical (unpaired) electrons. The smallest absolute Gasteiger partial charge is 0.326 e. The highest BCUT2D eigenvalue weighted by Crippen LogP contribution is 2.22. The highest BCUT2D eigenvalue weighted by Gasteiger charge is 2.23. The molecule has 2 rings (SSSR count). The zero-order valence-corrected chi connectivity index (χ0v) is 11.5. The van der Waals surface area contributed by atoms with Crippen molar-refractivity contribution in [1.82, 2.24) is 5.32 Å². The highest BCUT2D eigenvalue weighted by molar-refractivity contribution is 5.87. The minimum Gasteiger partial charge on any atom is -0.481 e. The van der Waals surface area contributed by atoms with Crippen molar-refractivity contribution < 1.29 is 24.6 Å². The number of carbonyl (C=O) groups is 3. The van der Waals surface area contributed by atoms with Crippen LogP contribution in [0.4, 0.5) is 0 Å². The molecular formula is C15H17NO5. The Kier molecular flexibility index (Phi) is 4.57. The van der Waals surface area contributed by atoms with E-state index >= 15 is 0 Å². The Hall–Kier alpha value is -2.37. The van der Waals surface area contributed by atoms with E-state index in [1.54, 1.807) is 0 Å². The molecule has 1 aromatic rings. The number of hydrogen-bond donors (Lipinski definition) is 3. The Bertz CT molecular complexity index is 581. The maximum Gasteiger partial charge on any atom is 0.326 e. The first-order valence-corrected chi connectivity index (χ1v) is 6.80. The van der Waals surface area contributed by atoms with E-state index in [0.717, 1.165) is 24.8 Å². The van der Waals surface area contributed by atoms with Crippen molar-refractivity contribution in [1.29, 1.82) is 0 Å². The van der Waals surface area contributed by atoms with Crippen LogP contribution < -0.4 is 5.32 Å². The van der Waals surface area contributed by atoms with Crippen molar-refractivity contribution in [2.45, 2.75) is 38.1 Å². The predicted octanol–water partition coefficient (Wildman–Crippen LogP) is 0.762. The Morgan fingerprint density at radius 1 is 1.14 bits per heavy atom. The molecule has 0 aromatic heterocycles. The number of carboxylic acids is 2. The summed E-state index contributed by atoms with van der Waals surface area (Å²) in [7, 11) is 0. The van der Waals surface area contributed by atoms with Crippen molar-refractivity contribution in [3.8, 4) is 0 Å². The molecule has 1 aromatic carbocycles. The van der Waals surface area contributed by atoms with Gasteiger partial charge in [0.2, 0.25) is 5.91 Å². The van der Waals surface area contributed by atoms with E-state index in [1.165, 1.54) is 11.1 Å². The molecule has 0 fully saturated rings. The summed E-state index contributed by atoms with van der Waals surface area (Å²) < 4.78 is 0. The molecule has 1 aliphatic rings. The molecule has 1 unspecified atom stereocenters. The van der Waals surface area contributed by atoms with Gasteiger partial charge in [-0.3, -0.25) is 9.59 Å². The van der Waals surface area contributed by atoms with Crippen LogP contribution in [0.15, 0.2) is 18.2 Å². The Morgan fingerprint density at radius 2 is 1.86 bits per heavy atom. The lowest BCUT2D eigenvalue weighted by Crippen LogP contribution is -2.42. The number of amides is 1. The van der Waals surface area contributed by atoms with Crippen LogP contribution in [0.2, 0.25) is 0 Å². The number of benzene rings is 1. The predicted molar refractivity (Wildman–Crippen MR) is 74.0 cm³/mol. The van der Waals surface area contributed by atoms with Gasteiger partial charge >= 0.3 is 11.9 Å². The van der Waals surface area contributed by atoms with Crippen LogP contribution in [0.5, 0.6) is 0 Å². The molecule has 0 bridgehead atoms. The molecule has 6 nitrogen and oxygen atoms in total. The Labute approximate surface area is 121 Å². The molecule has 0 saturated heterocycles. The summed E-state index contributed by atoms with van der Waals surface area (Å²) in [5.41, 5.74) is 3.35. The number of carboxylic acid groups (broad SMARTS) is 2. The van der Waals surface area contributed by atoms with Gasteiger partial charge in [-0.1, -0.05) is 18.2 Å². The van der Waals surface area contributed by atoms with E-state index in [9.17, 15) is 14.4 Å². The number of aryl methyl sites for hydroxylation is 2. The van der Waals surface area contributed by atoms with Crippen LogP contribution in [-0.2, 0) is 33.6 Å². The number of aliphatic carboxylic acids is 2. The number of fused-ring (bicyclic) bond motifs is 1. The first-order valence-electron chi connectivity index (χ1n) is 6.80. The van der Waals surface area contributed by atoms with Crippen molar-refractivity contribution in [2.75, 3.05) is 0 Å². The van der Waals surface area contributed by atoms with Crippen LogP contribution in [0.3, 0.4) is 0 Å². The Morgan fingerprint density at radius 3 is 2.52 bits per heavy atom. The third-order valence-electron chi connectivity index (χ3n) is 3.54. The maximum absolute atomic E-state index is 11.8. The summed E-state index contributed by atoms with van der Waals surface area (Å²) in [6.07, 6.45) is 2.59. The van der Waals surface area contributed by atoms with Crippen LogP contribution >= 0.6 is 0 Å². The van der Waals surface area contributed by atoms with E-state index in [1.807, 2.05) is 18.2 Å². The second-order valence-corrected chi connectivity index (χ2v) is 5.19. The average Bonchev–Trinajstić information content (AvgIpc) is 2.84. The van der Waals surface area contributed by atoms with Gasteiger partial charge in [0.05, 0.1) is 12.8 Å². The molecule has 1 aliphatic carbocycles. The van der Waals surface area contributed by atoms with Crippen LogP contribution in [0.1, 0.15) is 29.5 Å². The first kappa shape index (κ1) is 15.0. The maximum atomic E-state index is 11.8. The van der Waals surface area contributed by atoms with Gasteiger partial charge in [0.1, 0.15) is 6.04 Å². The van der Waals surface area contributed by atoms with Crippen molar-refractivity contribution in [3.05, 3.63) is 34.9 Å². The fourth-order valence-electron chi connectivity index (χ4n) is 2.54. The number of rotatable bonds is 6. The summed E-state index contributed by atoms with van der Waals surface area (Å²) in [4.78, 5) is 33.3. The van der Waals surface area contributed by atoms with E-state index in [2.05, 4.69) is 5.32 Å². The second kappa shape index (κ2) is 6.39. The van der Waals surface area contributed by atoms with E-state index in [0.29, 0.717) is 0 Å². The van der Waals surface area contributed by atoms with Crippen molar-refractivity contribution in [2.24, 2.45) is 0 Å². The number of hydrogen-bond acceptors (Lipinski definition) is 3. The quantitative estimate of drug-likeness (QED) is 0.718. The van der Waals surface area contributed by atoms with Crippen molar-refractivity contribution in [3.63, 3.8) is 0 Å². The summed E-state index contributed by atoms with van der Waals surface area (Å²) in [6.45, 7) is 0. The third-order valence-corrected chi connectivity index (χ3v) is 3.54. The third kappa shape index (κ3) is 4.05. The number of nitrogens with one attached hydrogen (secondary N) is 1. The van der Waals surface area contributed by atoms with Gasteiger partial charge in [-0.15, -0.1) is 0 Å². The molecule has 1 amide bonds. The van der Waals surface area contributed by atoms with E-state index < -0.39 is 30.3 Å². The topological polar surface area (TPSA) is 104 Å². The minimum atomic E-state index is -1.40. The van der Waals surface area contributed by atoms with Crippen LogP contribution in [0.25, 0.3) is 0 Å². The molecule has 0 aliphatic heterocycles. The van der Waals surface area contributed by atoms with E-state index in [4.69, 9.17) is 10.2 Å². The fourth-order valence-corrected chi connectivity index (χ4v) is 2.54. The summed E-state index contributed by atoms with van der Waals surface area (Å²) in [6, 6.07) is 4.42. The normalized spacial score (nSPS) is 14.3. The molecular weight excluding hydrogens is 274 g/mol. The van der Waals surface area contributed by atoms with Gasteiger partial charge < -0.3 is 15.5 Å². The number of carbonyl (C=O) groups excluding carboxylic acids is 1. The van der Waals surface area contributed by atoms with Crippen molar-refractivity contribution >= 4 is 17.8 Å². The zero-order valence-electron chi connectivity index (χ0n) is 11.5. The fraction of sp³-hybridized carbons (Fsp3) is 0.400. The van der Waals surface area contributed by atoms with Gasteiger partial charge in [-0.25, -0.2) is 4.79 Å². The molecule has 1 atom stereocenters. The molecule has 21 heavy (non-hydrogen) atoms. The average molecular weight is 291 g/mol. The largest absolute Gasteiger partial charge is 0.481 e. The Balaban J connectivity index is 1.97. The lowest BCUT2D eigenvalue weighted by molar-refractivity contribution is -0.147. The van der Waals surface area contributed by atoms with Gasteiger partial charge in [0.15, 0.2) is 0 Å². The van der Waals surface area contributed by atoms with Gasteiger partial charge in [0.25, 0.3) is 0 Å². The SMILES string of the molecule is O=C(O)CC(NC(=O)Cc1ccc2c(c1)CCC2)C(=O)O. The zero-order chi connectivity index (χ0) is 15.4. The summed E-state index contributed by atoms with van der Waals surface area (Å²) in [5, 5.41) is 19.8. The molecule has 0 heterocycles. The first-order chi connectivity index (χ1) is 9.95. The molecule has 3 N–H and O–H groups in total. The van der Waals surface area contributed by atoms with Crippen LogP contribution in [0, 0.1) is 0 Å². The lowest BCUT2D eigenvalue weighted by Gasteiger charge is -2.12. The van der Waals surface area contributed by atoms with Gasteiger partial charge in [-0.05, 0) is 36.0 Å². The molecule has 0 saturated carbocycles.